The van der Waals surface area contributed by atoms with Crippen molar-refractivity contribution >= 4 is 28.5 Å². The summed E-state index contributed by atoms with van der Waals surface area (Å²) in [5.74, 6) is -3.28. The van der Waals surface area contributed by atoms with E-state index in [2.05, 4.69) is 20.7 Å². The van der Waals surface area contributed by atoms with E-state index in [4.69, 9.17) is 4.42 Å². The second kappa shape index (κ2) is 11.7. The molecule has 1 aliphatic rings. The smallest absolute Gasteiger partial charge is 0.291 e. The summed E-state index contributed by atoms with van der Waals surface area (Å²) in [6, 6.07) is 16.5. The zero-order chi connectivity index (χ0) is 31.9. The highest BCUT2D eigenvalue weighted by Gasteiger charge is 2.27. The zero-order valence-electron chi connectivity index (χ0n) is 24.5. The summed E-state index contributed by atoms with van der Waals surface area (Å²) in [7, 11) is 0. The van der Waals surface area contributed by atoms with Crippen LogP contribution in [0.2, 0.25) is 0 Å². The van der Waals surface area contributed by atoms with Gasteiger partial charge in [-0.15, -0.1) is 5.10 Å². The van der Waals surface area contributed by atoms with Crippen molar-refractivity contribution in [1.29, 1.82) is 0 Å². The molecule has 1 N–H and O–H groups in total. The van der Waals surface area contributed by atoms with Gasteiger partial charge in [-0.3, -0.25) is 14.3 Å². The number of hydrogen-bond donors (Lipinski definition) is 1. The lowest BCUT2D eigenvalue weighted by Gasteiger charge is -2.28. The Balaban J connectivity index is 1.01. The number of benzene rings is 3. The van der Waals surface area contributed by atoms with Crippen LogP contribution < -0.4 is 5.32 Å². The standard InChI is InChI=1S/C33H26F3N7O3/c1-19(32-25(35)14-22(34)15-26(32)36)43-17-27(39-40-43)24-16-37-42-11-10-41(18-28(24)42)31(44)12-20-6-8-23(9-7-20)38-33(45)30-13-21-4-2-3-5-29(21)46-30/h2-9,13-17,19H,10-12,18H2,1H3,(H,38,45)/t19-/m1/s1. The van der Waals surface area contributed by atoms with Gasteiger partial charge in [0.2, 0.25) is 5.91 Å². The number of fused-ring (bicyclic) bond motifs is 2. The topological polar surface area (TPSA) is 111 Å². The predicted octanol–water partition coefficient (Wildman–Crippen LogP) is 5.75. The lowest BCUT2D eigenvalue weighted by Crippen LogP contribution is -2.39. The Labute approximate surface area is 260 Å². The quantitative estimate of drug-likeness (QED) is 0.242. The number of halogens is 3. The van der Waals surface area contributed by atoms with Crippen molar-refractivity contribution in [3.8, 4) is 11.3 Å². The maximum absolute atomic E-state index is 14.4. The average molecular weight is 626 g/mol. The van der Waals surface area contributed by atoms with Crippen LogP contribution in [0, 0.1) is 17.5 Å². The largest absolute Gasteiger partial charge is 0.451 e. The number of nitrogens with one attached hydrogen (secondary N) is 1. The van der Waals surface area contributed by atoms with Crippen molar-refractivity contribution < 1.29 is 27.2 Å². The SMILES string of the molecule is C[C@H](c1c(F)cc(F)cc1F)n1cc(-c2cnn3c2CN(C(=O)Cc2ccc(NC(=O)c4cc5ccccc5o4)cc2)CC3)nn1. The Morgan fingerprint density at radius 3 is 2.52 bits per heavy atom. The van der Waals surface area contributed by atoms with E-state index >= 15 is 0 Å². The van der Waals surface area contributed by atoms with E-state index in [0.717, 1.165) is 16.6 Å². The van der Waals surface area contributed by atoms with Crippen molar-refractivity contribution in [3.63, 3.8) is 0 Å². The van der Waals surface area contributed by atoms with Gasteiger partial charge in [0.15, 0.2) is 5.76 Å². The molecule has 4 heterocycles. The molecule has 0 saturated heterocycles. The van der Waals surface area contributed by atoms with E-state index in [9.17, 15) is 22.8 Å². The molecule has 0 spiro atoms. The fourth-order valence-corrected chi connectivity index (χ4v) is 5.63. The summed E-state index contributed by atoms with van der Waals surface area (Å²) < 4.78 is 50.9. The Bertz CT molecular complexity index is 2050. The first-order chi connectivity index (χ1) is 22.2. The number of furan rings is 1. The van der Waals surface area contributed by atoms with Crippen LogP contribution in [-0.4, -0.2) is 48.0 Å². The van der Waals surface area contributed by atoms with Gasteiger partial charge in [-0.25, -0.2) is 17.9 Å². The first-order valence-electron chi connectivity index (χ1n) is 14.5. The van der Waals surface area contributed by atoms with Crippen LogP contribution in [0.1, 0.15) is 40.3 Å². The third kappa shape index (κ3) is 5.51. The molecule has 1 aliphatic heterocycles. The molecule has 2 amide bonds. The fraction of sp³-hybridized carbons (Fsp3) is 0.182. The molecule has 0 bridgehead atoms. The van der Waals surface area contributed by atoms with Crippen molar-refractivity contribution in [3.05, 3.63) is 119 Å². The number of amides is 2. The number of carbonyl (C=O) groups excluding carboxylic acids is 2. The molecule has 13 heteroatoms. The number of rotatable bonds is 7. The van der Waals surface area contributed by atoms with Crippen molar-refractivity contribution in [2.45, 2.75) is 32.5 Å². The van der Waals surface area contributed by atoms with Crippen LogP contribution in [-0.2, 0) is 24.3 Å². The van der Waals surface area contributed by atoms with Crippen LogP contribution >= 0.6 is 0 Å². The minimum Gasteiger partial charge on any atom is -0.451 e. The number of para-hydroxylation sites is 1. The van der Waals surface area contributed by atoms with Crippen LogP contribution in [0.15, 0.2) is 83.5 Å². The summed E-state index contributed by atoms with van der Waals surface area (Å²) in [6.07, 6.45) is 3.32. The maximum Gasteiger partial charge on any atom is 0.291 e. The highest BCUT2D eigenvalue weighted by molar-refractivity contribution is 6.04. The molecule has 0 aliphatic carbocycles. The van der Waals surface area contributed by atoms with E-state index in [1.165, 1.54) is 11.6 Å². The Kier molecular flexibility index (Phi) is 7.35. The summed E-state index contributed by atoms with van der Waals surface area (Å²) >= 11 is 0. The molecule has 3 aromatic heterocycles. The number of nitrogens with zero attached hydrogens (tertiary/aromatic N) is 6. The van der Waals surface area contributed by atoms with Gasteiger partial charge in [0.05, 0.1) is 43.6 Å². The van der Waals surface area contributed by atoms with Gasteiger partial charge in [0.1, 0.15) is 28.7 Å². The van der Waals surface area contributed by atoms with Crippen molar-refractivity contribution in [1.82, 2.24) is 29.7 Å². The minimum atomic E-state index is -1.01. The summed E-state index contributed by atoms with van der Waals surface area (Å²) in [5.41, 5.74) is 3.47. The van der Waals surface area contributed by atoms with E-state index < -0.39 is 23.5 Å². The lowest BCUT2D eigenvalue weighted by molar-refractivity contribution is -0.132. The van der Waals surface area contributed by atoms with Crippen molar-refractivity contribution in [2.75, 3.05) is 11.9 Å². The average Bonchev–Trinajstić information content (AvgIpc) is 3.79. The fourth-order valence-electron chi connectivity index (χ4n) is 5.63. The minimum absolute atomic E-state index is 0.0861. The molecule has 0 fully saturated rings. The normalized spacial score (nSPS) is 13.5. The van der Waals surface area contributed by atoms with Crippen LogP contribution in [0.5, 0.6) is 0 Å². The molecule has 1 atom stereocenters. The Morgan fingerprint density at radius 1 is 1.00 bits per heavy atom. The second-order valence-corrected chi connectivity index (χ2v) is 11.1. The molecule has 0 unspecified atom stereocenters. The van der Waals surface area contributed by atoms with Gasteiger partial charge in [-0.2, -0.15) is 5.10 Å². The van der Waals surface area contributed by atoms with Crippen molar-refractivity contribution in [2.24, 2.45) is 0 Å². The molecule has 6 aromatic rings. The van der Waals surface area contributed by atoms with Gasteiger partial charge < -0.3 is 14.6 Å². The Morgan fingerprint density at radius 2 is 1.76 bits per heavy atom. The highest BCUT2D eigenvalue weighted by Crippen LogP contribution is 2.29. The third-order valence-corrected chi connectivity index (χ3v) is 8.08. The van der Waals surface area contributed by atoms with E-state index in [1.807, 2.05) is 18.2 Å². The molecular weight excluding hydrogens is 599 g/mol. The van der Waals surface area contributed by atoms with E-state index in [0.29, 0.717) is 47.8 Å². The van der Waals surface area contributed by atoms with Gasteiger partial charge in [-0.1, -0.05) is 35.5 Å². The summed E-state index contributed by atoms with van der Waals surface area (Å²) in [6.45, 7) is 2.76. The summed E-state index contributed by atoms with van der Waals surface area (Å²) in [4.78, 5) is 27.7. The van der Waals surface area contributed by atoms with Gasteiger partial charge >= 0.3 is 0 Å². The van der Waals surface area contributed by atoms with Crippen LogP contribution in [0.25, 0.3) is 22.2 Å². The van der Waals surface area contributed by atoms with Crippen LogP contribution in [0.3, 0.4) is 0 Å². The van der Waals surface area contributed by atoms with Gasteiger partial charge in [0, 0.05) is 40.9 Å². The number of carbonyl (C=O) groups is 2. The second-order valence-electron chi connectivity index (χ2n) is 11.1. The van der Waals surface area contributed by atoms with Gasteiger partial charge in [-0.05, 0) is 36.8 Å². The third-order valence-electron chi connectivity index (χ3n) is 8.08. The number of anilines is 1. The lowest BCUT2D eigenvalue weighted by atomic mass is 10.1. The molecular formula is C33H26F3N7O3. The monoisotopic (exact) mass is 625 g/mol. The van der Waals surface area contributed by atoms with E-state index in [-0.39, 0.29) is 36.1 Å². The molecule has 7 rings (SSSR count). The molecule has 3 aromatic carbocycles. The first-order valence-corrected chi connectivity index (χ1v) is 14.5. The van der Waals surface area contributed by atoms with Gasteiger partial charge in [0.25, 0.3) is 5.91 Å². The Hall–Kier alpha value is -5.72. The van der Waals surface area contributed by atoms with Crippen LogP contribution in [0.4, 0.5) is 18.9 Å². The first kappa shape index (κ1) is 29.0. The summed E-state index contributed by atoms with van der Waals surface area (Å²) in [5, 5.41) is 16.3. The molecule has 10 nitrogen and oxygen atoms in total. The molecule has 0 saturated carbocycles. The molecule has 46 heavy (non-hydrogen) atoms. The predicted molar refractivity (Wildman–Crippen MR) is 161 cm³/mol. The maximum atomic E-state index is 14.4. The molecule has 0 radical (unpaired) electrons. The highest BCUT2D eigenvalue weighted by atomic mass is 19.1. The number of aromatic nitrogens is 5. The van der Waals surface area contributed by atoms with E-state index in [1.54, 1.807) is 58.4 Å². The number of hydrogen-bond acceptors (Lipinski definition) is 6. The molecule has 232 valence electrons. The zero-order valence-corrected chi connectivity index (χ0v) is 24.5.